The predicted octanol–water partition coefficient (Wildman–Crippen LogP) is 1.71. The second-order valence-electron chi connectivity index (χ2n) is 3.91. The van der Waals surface area contributed by atoms with Crippen molar-refractivity contribution in [2.75, 3.05) is 7.11 Å². The van der Waals surface area contributed by atoms with Crippen molar-refractivity contribution < 1.29 is 14.6 Å². The lowest BCUT2D eigenvalue weighted by Gasteiger charge is -2.35. The summed E-state index contributed by atoms with van der Waals surface area (Å²) in [5.74, 6) is 0.295. The van der Waals surface area contributed by atoms with Crippen LogP contribution in [0.4, 0.5) is 0 Å². The topological polar surface area (TPSA) is 38.7 Å². The molecule has 0 spiro atoms. The zero-order valence-corrected chi connectivity index (χ0v) is 9.36. The van der Waals surface area contributed by atoms with Gasteiger partial charge in [-0.25, -0.2) is 0 Å². The third-order valence-electron chi connectivity index (χ3n) is 2.79. The summed E-state index contributed by atoms with van der Waals surface area (Å²) in [5, 5.41) is 9.56. The molecule has 1 heterocycles. The number of aliphatic hydroxyl groups is 1. The zero-order chi connectivity index (χ0) is 10.7. The highest BCUT2D eigenvalue weighted by Gasteiger charge is 2.31. The first-order valence-corrected chi connectivity index (χ1v) is 5.14. The Kier molecular flexibility index (Phi) is 4.11. The number of ether oxygens (including phenoxy) is 2. The van der Waals surface area contributed by atoms with Gasteiger partial charge < -0.3 is 14.6 Å². The first-order chi connectivity index (χ1) is 6.60. The van der Waals surface area contributed by atoms with Crippen LogP contribution in [0, 0.1) is 5.92 Å². The molecule has 1 rings (SSSR count). The van der Waals surface area contributed by atoms with Crippen molar-refractivity contribution in [3.05, 3.63) is 11.6 Å². The Morgan fingerprint density at radius 2 is 2.29 bits per heavy atom. The van der Waals surface area contributed by atoms with Crippen molar-refractivity contribution in [1.82, 2.24) is 0 Å². The maximum Gasteiger partial charge on any atom is 0.177 e. The van der Waals surface area contributed by atoms with Crippen molar-refractivity contribution in [2.24, 2.45) is 5.92 Å². The van der Waals surface area contributed by atoms with E-state index in [2.05, 4.69) is 19.9 Å². The average Bonchev–Trinajstić information content (AvgIpc) is 2.15. The first-order valence-electron chi connectivity index (χ1n) is 5.14. The van der Waals surface area contributed by atoms with E-state index >= 15 is 0 Å². The summed E-state index contributed by atoms with van der Waals surface area (Å²) in [4.78, 5) is 0. The Morgan fingerprint density at radius 3 is 2.79 bits per heavy atom. The molecule has 1 aliphatic rings. The Hall–Kier alpha value is -0.380. The smallest absolute Gasteiger partial charge is 0.177 e. The van der Waals surface area contributed by atoms with Crippen LogP contribution in [-0.4, -0.2) is 30.7 Å². The van der Waals surface area contributed by atoms with Gasteiger partial charge in [0.2, 0.25) is 0 Å². The van der Waals surface area contributed by atoms with Gasteiger partial charge in [-0.1, -0.05) is 19.9 Å². The van der Waals surface area contributed by atoms with Gasteiger partial charge in [-0.05, 0) is 18.9 Å². The molecular weight excluding hydrogens is 180 g/mol. The Morgan fingerprint density at radius 1 is 1.64 bits per heavy atom. The number of methoxy groups -OCH3 is 1. The van der Waals surface area contributed by atoms with E-state index in [0.29, 0.717) is 5.92 Å². The van der Waals surface area contributed by atoms with Gasteiger partial charge in [-0.3, -0.25) is 0 Å². The van der Waals surface area contributed by atoms with Gasteiger partial charge in [-0.15, -0.1) is 0 Å². The molecule has 0 aromatic heterocycles. The van der Waals surface area contributed by atoms with Crippen LogP contribution in [0.1, 0.15) is 27.2 Å². The molecule has 82 valence electrons. The highest BCUT2D eigenvalue weighted by atomic mass is 16.6. The number of hydrogen-bond acceptors (Lipinski definition) is 3. The fourth-order valence-electron chi connectivity index (χ4n) is 1.93. The van der Waals surface area contributed by atoms with Gasteiger partial charge in [0, 0.05) is 13.0 Å². The molecule has 0 saturated carbocycles. The zero-order valence-electron chi connectivity index (χ0n) is 9.36. The fourth-order valence-corrected chi connectivity index (χ4v) is 1.93. The third kappa shape index (κ3) is 2.35. The highest BCUT2D eigenvalue weighted by molar-refractivity contribution is 5.09. The Labute approximate surface area is 85.7 Å². The summed E-state index contributed by atoms with van der Waals surface area (Å²) in [6.45, 7) is 6.02. The molecule has 0 saturated heterocycles. The van der Waals surface area contributed by atoms with Gasteiger partial charge in [0.15, 0.2) is 6.29 Å². The molecule has 0 aromatic carbocycles. The SMILES string of the molecule is CC[C@H](OC)C1OC(O)C(C)=C[C@H]1C. The largest absolute Gasteiger partial charge is 0.379 e. The normalized spacial score (nSPS) is 35.2. The van der Waals surface area contributed by atoms with E-state index in [1.54, 1.807) is 7.11 Å². The number of aliphatic hydroxyl groups excluding tert-OH is 1. The maximum absolute atomic E-state index is 9.56. The quantitative estimate of drug-likeness (QED) is 0.705. The summed E-state index contributed by atoms with van der Waals surface area (Å²) in [5.41, 5.74) is 0.889. The Balaban J connectivity index is 2.72. The average molecular weight is 200 g/mol. The highest BCUT2D eigenvalue weighted by Crippen LogP contribution is 2.26. The second-order valence-corrected chi connectivity index (χ2v) is 3.91. The molecule has 0 aliphatic carbocycles. The van der Waals surface area contributed by atoms with Crippen LogP contribution in [0.3, 0.4) is 0 Å². The maximum atomic E-state index is 9.56. The monoisotopic (exact) mass is 200 g/mol. The van der Waals surface area contributed by atoms with Crippen molar-refractivity contribution in [1.29, 1.82) is 0 Å². The lowest BCUT2D eigenvalue weighted by atomic mass is 9.93. The molecule has 3 nitrogen and oxygen atoms in total. The van der Waals surface area contributed by atoms with Crippen LogP contribution in [0.25, 0.3) is 0 Å². The molecule has 0 bridgehead atoms. The summed E-state index contributed by atoms with van der Waals surface area (Å²) in [6.07, 6.45) is 2.21. The van der Waals surface area contributed by atoms with Gasteiger partial charge in [0.25, 0.3) is 0 Å². The number of rotatable bonds is 3. The summed E-state index contributed by atoms with van der Waals surface area (Å²) in [7, 11) is 1.68. The first kappa shape index (κ1) is 11.7. The lowest BCUT2D eigenvalue weighted by Crippen LogP contribution is -2.41. The van der Waals surface area contributed by atoms with E-state index in [1.807, 2.05) is 6.92 Å². The van der Waals surface area contributed by atoms with Crippen molar-refractivity contribution in [3.8, 4) is 0 Å². The molecule has 1 N–H and O–H groups in total. The van der Waals surface area contributed by atoms with Crippen molar-refractivity contribution >= 4 is 0 Å². The van der Waals surface area contributed by atoms with Crippen LogP contribution in [-0.2, 0) is 9.47 Å². The second kappa shape index (κ2) is 4.91. The standard InChI is InChI=1S/C11H20O3/c1-5-9(13-4)10-7(2)6-8(3)11(12)14-10/h6-7,9-12H,5H2,1-4H3/t7-,9+,10?,11?/m1/s1. The van der Waals surface area contributed by atoms with Crippen molar-refractivity contribution in [2.45, 2.75) is 45.7 Å². The van der Waals surface area contributed by atoms with E-state index in [4.69, 9.17) is 9.47 Å². The molecule has 3 heteroatoms. The lowest BCUT2D eigenvalue weighted by molar-refractivity contribution is -0.171. The van der Waals surface area contributed by atoms with Gasteiger partial charge in [0.1, 0.15) is 0 Å². The van der Waals surface area contributed by atoms with E-state index in [0.717, 1.165) is 12.0 Å². The molecule has 4 atom stereocenters. The van der Waals surface area contributed by atoms with E-state index in [-0.39, 0.29) is 12.2 Å². The molecule has 1 aliphatic heterocycles. The minimum atomic E-state index is -0.764. The fraction of sp³-hybridized carbons (Fsp3) is 0.818. The van der Waals surface area contributed by atoms with Crippen LogP contribution in [0.15, 0.2) is 11.6 Å². The van der Waals surface area contributed by atoms with E-state index in [9.17, 15) is 5.11 Å². The van der Waals surface area contributed by atoms with Crippen LogP contribution in [0.2, 0.25) is 0 Å². The molecule has 0 radical (unpaired) electrons. The van der Waals surface area contributed by atoms with Crippen LogP contribution >= 0.6 is 0 Å². The minimum Gasteiger partial charge on any atom is -0.379 e. The van der Waals surface area contributed by atoms with Gasteiger partial charge in [0.05, 0.1) is 12.2 Å². The molecule has 0 fully saturated rings. The predicted molar refractivity (Wildman–Crippen MR) is 54.9 cm³/mol. The summed E-state index contributed by atoms with van der Waals surface area (Å²) >= 11 is 0. The molecule has 14 heavy (non-hydrogen) atoms. The van der Waals surface area contributed by atoms with Crippen LogP contribution < -0.4 is 0 Å². The molecular formula is C11H20O3. The number of hydrogen-bond donors (Lipinski definition) is 1. The Bertz CT molecular complexity index is 209. The summed E-state index contributed by atoms with van der Waals surface area (Å²) < 4.78 is 10.8. The van der Waals surface area contributed by atoms with Crippen LogP contribution in [0.5, 0.6) is 0 Å². The molecule has 0 amide bonds. The van der Waals surface area contributed by atoms with Crippen molar-refractivity contribution in [3.63, 3.8) is 0 Å². The van der Waals surface area contributed by atoms with Gasteiger partial charge in [-0.2, -0.15) is 0 Å². The molecule has 2 unspecified atom stereocenters. The van der Waals surface area contributed by atoms with Gasteiger partial charge >= 0.3 is 0 Å². The third-order valence-corrected chi connectivity index (χ3v) is 2.79. The summed E-state index contributed by atoms with van der Waals surface area (Å²) in [6, 6.07) is 0. The van der Waals surface area contributed by atoms with E-state index < -0.39 is 6.29 Å². The van der Waals surface area contributed by atoms with E-state index in [1.165, 1.54) is 0 Å². The minimum absolute atomic E-state index is 0.0382. The molecule has 0 aromatic rings.